The number of ether oxygens (including phenoxy) is 1. The number of carbonyl (C=O) groups is 2. The average molecular weight is 377 g/mol. The van der Waals surface area contributed by atoms with Crippen molar-refractivity contribution in [3.63, 3.8) is 0 Å². The summed E-state index contributed by atoms with van der Waals surface area (Å²) in [4.78, 5) is 26.6. The summed E-state index contributed by atoms with van der Waals surface area (Å²) in [6.45, 7) is 5.06. The summed E-state index contributed by atoms with van der Waals surface area (Å²) in [5, 5.41) is 24.5. The highest BCUT2D eigenvalue weighted by molar-refractivity contribution is 5.93. The molecule has 1 aliphatic carbocycles. The second-order valence-corrected chi connectivity index (χ2v) is 8.30. The molecular weight excluding hydrogens is 350 g/mol. The summed E-state index contributed by atoms with van der Waals surface area (Å²) >= 11 is 0. The van der Waals surface area contributed by atoms with Crippen LogP contribution in [0.3, 0.4) is 0 Å². The van der Waals surface area contributed by atoms with Crippen molar-refractivity contribution in [3.05, 3.63) is 11.4 Å². The lowest BCUT2D eigenvalue weighted by Gasteiger charge is -2.53. The summed E-state index contributed by atoms with van der Waals surface area (Å²) in [6, 6.07) is 0. The van der Waals surface area contributed by atoms with Gasteiger partial charge in [0.1, 0.15) is 6.10 Å². The number of hydrogen-bond donors (Lipinski definition) is 3. The van der Waals surface area contributed by atoms with Crippen LogP contribution in [0.4, 0.5) is 0 Å². The second kappa shape index (κ2) is 6.56. The highest BCUT2D eigenvalue weighted by Crippen LogP contribution is 2.41. The number of rotatable bonds is 3. The van der Waals surface area contributed by atoms with Gasteiger partial charge >= 0.3 is 0 Å². The largest absolute Gasteiger partial charge is 0.388 e. The topological polar surface area (TPSA) is 120 Å². The molecule has 0 bridgehead atoms. The van der Waals surface area contributed by atoms with Gasteiger partial charge in [0, 0.05) is 25.6 Å². The van der Waals surface area contributed by atoms with Crippen LogP contribution in [0.2, 0.25) is 0 Å². The van der Waals surface area contributed by atoms with Gasteiger partial charge in [-0.25, -0.2) is 0 Å². The number of aliphatic hydroxyl groups is 1. The van der Waals surface area contributed by atoms with Crippen molar-refractivity contribution in [3.8, 4) is 0 Å². The lowest BCUT2D eigenvalue weighted by Crippen LogP contribution is -2.69. The molecular formula is C18H27N5O4. The van der Waals surface area contributed by atoms with Gasteiger partial charge in [0.05, 0.1) is 16.8 Å². The number of piperidine rings is 1. The molecule has 27 heavy (non-hydrogen) atoms. The molecule has 2 amide bonds. The molecule has 3 fully saturated rings. The number of aromatic amines is 1. The minimum atomic E-state index is -0.813. The third-order valence-corrected chi connectivity index (χ3v) is 6.29. The first-order valence-electron chi connectivity index (χ1n) is 9.65. The number of H-pyrrole nitrogens is 1. The highest BCUT2D eigenvalue weighted by atomic mass is 16.5. The van der Waals surface area contributed by atoms with E-state index < -0.39 is 17.2 Å². The molecule has 148 valence electrons. The number of nitrogens with zero attached hydrogens (tertiary/aromatic N) is 3. The molecule has 9 heteroatoms. The summed E-state index contributed by atoms with van der Waals surface area (Å²) in [5.41, 5.74) is -0.533. The third kappa shape index (κ3) is 3.23. The Bertz CT molecular complexity index is 738. The van der Waals surface area contributed by atoms with Gasteiger partial charge in [-0.2, -0.15) is 15.4 Å². The zero-order valence-corrected chi connectivity index (χ0v) is 15.8. The van der Waals surface area contributed by atoms with E-state index in [2.05, 4.69) is 20.7 Å². The molecule has 0 unspecified atom stereocenters. The maximum atomic E-state index is 12.6. The SMILES string of the molecule is Cc1n[nH]nc1C(=O)N1CCC2(CC1)OCC[C@@](C)(NC(=O)C1CC1)[C@@H]2O. The van der Waals surface area contributed by atoms with Gasteiger partial charge in [-0.15, -0.1) is 0 Å². The molecule has 1 spiro atoms. The summed E-state index contributed by atoms with van der Waals surface area (Å²) in [5.74, 6) is -0.0353. The van der Waals surface area contributed by atoms with E-state index in [9.17, 15) is 14.7 Å². The van der Waals surface area contributed by atoms with E-state index in [0.717, 1.165) is 12.8 Å². The molecule has 2 atom stereocenters. The maximum Gasteiger partial charge on any atom is 0.276 e. The van der Waals surface area contributed by atoms with Crippen molar-refractivity contribution < 1.29 is 19.4 Å². The summed E-state index contributed by atoms with van der Waals surface area (Å²) in [7, 11) is 0. The zero-order chi connectivity index (χ0) is 19.2. The monoisotopic (exact) mass is 377 g/mol. The highest BCUT2D eigenvalue weighted by Gasteiger charge is 2.54. The smallest absolute Gasteiger partial charge is 0.276 e. The number of aliphatic hydroxyl groups excluding tert-OH is 1. The van der Waals surface area contributed by atoms with Crippen LogP contribution in [0.5, 0.6) is 0 Å². The van der Waals surface area contributed by atoms with Crippen molar-refractivity contribution in [2.45, 2.75) is 63.2 Å². The Balaban J connectivity index is 1.44. The predicted molar refractivity (Wildman–Crippen MR) is 94.8 cm³/mol. The minimum absolute atomic E-state index is 0.0303. The molecule has 0 aromatic carbocycles. The fraction of sp³-hybridized carbons (Fsp3) is 0.778. The van der Waals surface area contributed by atoms with Crippen LogP contribution in [0.25, 0.3) is 0 Å². The summed E-state index contributed by atoms with van der Waals surface area (Å²) < 4.78 is 6.04. The Morgan fingerprint density at radius 1 is 1.26 bits per heavy atom. The molecule has 9 nitrogen and oxygen atoms in total. The van der Waals surface area contributed by atoms with E-state index >= 15 is 0 Å². The standard InChI is InChI=1S/C18H27N5O4/c1-11-13(21-22-20-11)15(25)23-8-5-18(6-9-23)16(26)17(2,7-10-27-18)19-14(24)12-3-4-12/h12,16,26H,3-10H2,1-2H3,(H,19,24)(H,20,21,22)/t16-,17+/m0/s1. The van der Waals surface area contributed by atoms with Crippen LogP contribution in [0.1, 0.15) is 55.2 Å². The van der Waals surface area contributed by atoms with Gasteiger partial charge in [-0.1, -0.05) is 0 Å². The van der Waals surface area contributed by atoms with Crippen molar-refractivity contribution in [1.82, 2.24) is 25.6 Å². The van der Waals surface area contributed by atoms with E-state index in [1.807, 2.05) is 6.92 Å². The van der Waals surface area contributed by atoms with Gasteiger partial charge in [0.25, 0.3) is 5.91 Å². The average Bonchev–Trinajstić information content (AvgIpc) is 3.42. The van der Waals surface area contributed by atoms with Gasteiger partial charge in [-0.3, -0.25) is 9.59 Å². The molecule has 3 N–H and O–H groups in total. The quantitative estimate of drug-likeness (QED) is 0.690. The Kier molecular flexibility index (Phi) is 4.46. The summed E-state index contributed by atoms with van der Waals surface area (Å²) in [6.07, 6.45) is 2.66. The molecule has 1 saturated carbocycles. The predicted octanol–water partition coefficient (Wildman–Crippen LogP) is 0.154. The lowest BCUT2D eigenvalue weighted by atomic mass is 9.73. The third-order valence-electron chi connectivity index (χ3n) is 6.29. The van der Waals surface area contributed by atoms with Crippen LogP contribution in [-0.2, 0) is 9.53 Å². The van der Waals surface area contributed by atoms with Crippen molar-refractivity contribution >= 4 is 11.8 Å². The van der Waals surface area contributed by atoms with E-state index in [1.54, 1.807) is 11.8 Å². The van der Waals surface area contributed by atoms with Crippen LogP contribution in [0, 0.1) is 12.8 Å². The van der Waals surface area contributed by atoms with Crippen molar-refractivity contribution in [1.29, 1.82) is 0 Å². The number of aromatic nitrogens is 3. The van der Waals surface area contributed by atoms with E-state index in [1.165, 1.54) is 0 Å². The molecule has 2 aliphatic heterocycles. The van der Waals surface area contributed by atoms with Crippen molar-refractivity contribution in [2.24, 2.45) is 5.92 Å². The first-order valence-corrected chi connectivity index (χ1v) is 9.65. The lowest BCUT2D eigenvalue weighted by molar-refractivity contribution is -0.205. The van der Waals surface area contributed by atoms with Crippen molar-refractivity contribution in [2.75, 3.05) is 19.7 Å². The van der Waals surface area contributed by atoms with Crippen LogP contribution >= 0.6 is 0 Å². The maximum absolute atomic E-state index is 12.6. The Labute approximate surface area is 157 Å². The van der Waals surface area contributed by atoms with Crippen LogP contribution in [0.15, 0.2) is 0 Å². The number of nitrogens with one attached hydrogen (secondary N) is 2. The number of carbonyl (C=O) groups excluding carboxylic acids is 2. The molecule has 3 aliphatic rings. The molecule has 4 rings (SSSR count). The van der Waals surface area contributed by atoms with Gasteiger partial charge in [0.15, 0.2) is 5.69 Å². The van der Waals surface area contributed by atoms with Crippen LogP contribution < -0.4 is 5.32 Å². The Hall–Kier alpha value is -2.00. The van der Waals surface area contributed by atoms with E-state index in [-0.39, 0.29) is 17.7 Å². The Morgan fingerprint density at radius 3 is 2.56 bits per heavy atom. The van der Waals surface area contributed by atoms with Crippen LogP contribution in [-0.4, -0.2) is 74.2 Å². The minimum Gasteiger partial charge on any atom is -0.388 e. The fourth-order valence-corrected chi connectivity index (χ4v) is 4.26. The van der Waals surface area contributed by atoms with Gasteiger partial charge in [0.2, 0.25) is 5.91 Å². The van der Waals surface area contributed by atoms with E-state index in [4.69, 9.17) is 4.74 Å². The number of amides is 2. The van der Waals surface area contributed by atoms with Gasteiger partial charge < -0.3 is 20.1 Å². The normalized spacial score (nSPS) is 30.3. The van der Waals surface area contributed by atoms with E-state index in [0.29, 0.717) is 50.3 Å². The Morgan fingerprint density at radius 2 is 1.96 bits per heavy atom. The second-order valence-electron chi connectivity index (χ2n) is 8.30. The molecule has 2 saturated heterocycles. The number of likely N-dealkylation sites (tertiary alicyclic amines) is 1. The van der Waals surface area contributed by atoms with Gasteiger partial charge in [-0.05, 0) is 46.0 Å². The first-order chi connectivity index (χ1) is 12.8. The molecule has 1 aromatic rings. The zero-order valence-electron chi connectivity index (χ0n) is 15.8. The fourth-order valence-electron chi connectivity index (χ4n) is 4.26. The molecule has 3 heterocycles. The first kappa shape index (κ1) is 18.4. The molecule has 1 aromatic heterocycles. The number of hydrogen-bond acceptors (Lipinski definition) is 6. The molecule has 0 radical (unpaired) electrons. The number of aryl methyl sites for hydroxylation is 1.